The summed E-state index contributed by atoms with van der Waals surface area (Å²) < 4.78 is 5.63. The maximum absolute atomic E-state index is 12.2. The quantitative estimate of drug-likeness (QED) is 0.258. The van der Waals surface area contributed by atoms with Crippen molar-refractivity contribution in [3.05, 3.63) is 46.7 Å². The number of fused-ring (bicyclic) bond motifs is 1. The average Bonchev–Trinajstić information content (AvgIpc) is 3.14. The molecule has 1 aromatic heterocycles. The highest BCUT2D eigenvalue weighted by atomic mass is 35.5. The van der Waals surface area contributed by atoms with Gasteiger partial charge in [0.05, 0.1) is 11.6 Å². The molecule has 3 rings (SSSR count). The number of anilines is 1. The Balaban J connectivity index is 1.39. The number of unbranched alkanes of at least 4 members (excludes halogenated alkanes) is 3. The number of hydrogen-bond acceptors (Lipinski definition) is 7. The molecule has 2 heterocycles. The van der Waals surface area contributed by atoms with Gasteiger partial charge in [0.1, 0.15) is 12.4 Å². The minimum atomic E-state index is -0.379. The summed E-state index contributed by atoms with van der Waals surface area (Å²) >= 11 is 5.98. The highest BCUT2D eigenvalue weighted by Gasteiger charge is 2.24. The molecule has 160 valence electrons. The van der Waals surface area contributed by atoms with E-state index in [9.17, 15) is 9.59 Å². The van der Waals surface area contributed by atoms with Gasteiger partial charge in [0.15, 0.2) is 0 Å². The number of halogens is 1. The Labute approximate surface area is 179 Å². The Morgan fingerprint density at radius 2 is 1.93 bits per heavy atom. The van der Waals surface area contributed by atoms with Gasteiger partial charge < -0.3 is 15.4 Å². The van der Waals surface area contributed by atoms with E-state index in [0.717, 1.165) is 30.6 Å². The van der Waals surface area contributed by atoms with E-state index in [-0.39, 0.29) is 17.9 Å². The smallest absolute Gasteiger partial charge is 0.254 e. The number of hydrogen-bond donors (Lipinski definition) is 4. The zero-order valence-corrected chi connectivity index (χ0v) is 17.1. The Kier molecular flexibility index (Phi) is 7.81. The number of rotatable bonds is 10. The molecular formula is C20H24ClN5O4. The number of ether oxygens (including phenoxy) is 1. The van der Waals surface area contributed by atoms with E-state index in [0.29, 0.717) is 42.5 Å². The van der Waals surface area contributed by atoms with Crippen LogP contribution in [0.1, 0.15) is 54.1 Å². The fraction of sp³-hybridized carbons (Fsp3) is 0.400. The summed E-state index contributed by atoms with van der Waals surface area (Å²) in [4.78, 5) is 31.5. The molecule has 10 heteroatoms. The molecule has 0 aliphatic carbocycles. The van der Waals surface area contributed by atoms with Crippen molar-refractivity contribution in [3.8, 4) is 5.75 Å². The van der Waals surface area contributed by atoms with Gasteiger partial charge in [-0.2, -0.15) is 0 Å². The minimum absolute atomic E-state index is 0.0830. The second kappa shape index (κ2) is 10.7. The first-order chi connectivity index (χ1) is 14.6. The summed E-state index contributed by atoms with van der Waals surface area (Å²) in [5.74, 6) is 0.545. The van der Waals surface area contributed by atoms with E-state index in [1.165, 1.54) is 12.4 Å². The number of carbonyl (C=O) groups is 2. The first-order valence-corrected chi connectivity index (χ1v) is 10.2. The minimum Gasteiger partial charge on any atom is -0.491 e. The van der Waals surface area contributed by atoms with Gasteiger partial charge in [-0.1, -0.05) is 30.5 Å². The van der Waals surface area contributed by atoms with Crippen molar-refractivity contribution in [3.63, 3.8) is 0 Å². The third kappa shape index (κ3) is 6.04. The molecule has 0 radical (unpaired) electrons. The summed E-state index contributed by atoms with van der Waals surface area (Å²) in [5, 5.41) is 15.1. The molecule has 0 saturated heterocycles. The van der Waals surface area contributed by atoms with Gasteiger partial charge >= 0.3 is 0 Å². The van der Waals surface area contributed by atoms with Crippen LogP contribution in [-0.2, 0) is 4.79 Å². The van der Waals surface area contributed by atoms with Crippen molar-refractivity contribution in [2.45, 2.75) is 38.1 Å². The first kappa shape index (κ1) is 21.8. The molecule has 2 aromatic rings. The summed E-state index contributed by atoms with van der Waals surface area (Å²) in [7, 11) is 0. The molecule has 2 amide bonds. The molecule has 1 aliphatic rings. The SMILES string of the molecule is O=C(CCCCCCNC(=O)c1cnc(NC2COc3cc(Cl)ccc32)nc1)NO. The Hall–Kier alpha value is -2.91. The second-order valence-electron chi connectivity index (χ2n) is 6.94. The van der Waals surface area contributed by atoms with Crippen LogP contribution in [0.3, 0.4) is 0 Å². The van der Waals surface area contributed by atoms with Gasteiger partial charge in [0.25, 0.3) is 5.91 Å². The van der Waals surface area contributed by atoms with E-state index < -0.39 is 0 Å². The fourth-order valence-corrected chi connectivity index (χ4v) is 3.27. The third-order valence-corrected chi connectivity index (χ3v) is 4.95. The predicted octanol–water partition coefficient (Wildman–Crippen LogP) is 2.86. The van der Waals surface area contributed by atoms with Crippen molar-refractivity contribution in [2.24, 2.45) is 0 Å². The number of benzene rings is 1. The van der Waals surface area contributed by atoms with E-state index >= 15 is 0 Å². The lowest BCUT2D eigenvalue weighted by molar-refractivity contribution is -0.129. The molecule has 4 N–H and O–H groups in total. The molecule has 9 nitrogen and oxygen atoms in total. The van der Waals surface area contributed by atoms with E-state index in [2.05, 4.69) is 20.6 Å². The number of nitrogens with zero attached hydrogens (tertiary/aromatic N) is 2. The van der Waals surface area contributed by atoms with Gasteiger partial charge in [0.2, 0.25) is 11.9 Å². The maximum Gasteiger partial charge on any atom is 0.254 e. The fourth-order valence-electron chi connectivity index (χ4n) is 3.10. The van der Waals surface area contributed by atoms with Gasteiger partial charge in [-0.15, -0.1) is 0 Å². The van der Waals surface area contributed by atoms with Crippen LogP contribution in [-0.4, -0.2) is 40.1 Å². The molecule has 0 fully saturated rings. The van der Waals surface area contributed by atoms with Crippen molar-refractivity contribution in [1.29, 1.82) is 0 Å². The lowest BCUT2D eigenvalue weighted by Gasteiger charge is -2.11. The van der Waals surface area contributed by atoms with Gasteiger partial charge in [-0.3, -0.25) is 14.8 Å². The predicted molar refractivity (Wildman–Crippen MR) is 111 cm³/mol. The van der Waals surface area contributed by atoms with Crippen molar-refractivity contribution in [1.82, 2.24) is 20.8 Å². The van der Waals surface area contributed by atoms with Crippen LogP contribution in [0.5, 0.6) is 5.75 Å². The monoisotopic (exact) mass is 433 g/mol. The average molecular weight is 434 g/mol. The zero-order chi connectivity index (χ0) is 21.3. The van der Waals surface area contributed by atoms with Crippen molar-refractivity contribution >= 4 is 29.4 Å². The molecule has 1 unspecified atom stereocenters. The number of aromatic nitrogens is 2. The summed E-state index contributed by atoms with van der Waals surface area (Å²) in [5.41, 5.74) is 2.98. The highest BCUT2D eigenvalue weighted by Crippen LogP contribution is 2.35. The molecule has 0 spiro atoms. The standard InChI is InChI=1S/C20H24ClN5O4/c21-14-6-7-15-16(12-30-17(15)9-14)25-20-23-10-13(11-24-20)19(28)22-8-4-2-1-3-5-18(27)26-29/h6-7,9-11,16,29H,1-5,8,12H2,(H,22,28)(H,26,27)(H,23,24,25). The van der Waals surface area contributed by atoms with Crippen molar-refractivity contribution in [2.75, 3.05) is 18.5 Å². The number of hydroxylamine groups is 1. The van der Waals surface area contributed by atoms with E-state index in [1.54, 1.807) is 11.5 Å². The van der Waals surface area contributed by atoms with Gasteiger partial charge in [0, 0.05) is 35.9 Å². The Morgan fingerprint density at radius 3 is 2.70 bits per heavy atom. The molecule has 0 bridgehead atoms. The molecular weight excluding hydrogens is 410 g/mol. The molecule has 1 aliphatic heterocycles. The maximum atomic E-state index is 12.2. The third-order valence-electron chi connectivity index (χ3n) is 4.71. The van der Waals surface area contributed by atoms with E-state index in [1.807, 2.05) is 12.1 Å². The van der Waals surface area contributed by atoms with E-state index in [4.69, 9.17) is 21.5 Å². The van der Waals surface area contributed by atoms with Crippen LogP contribution in [0.15, 0.2) is 30.6 Å². The highest BCUT2D eigenvalue weighted by molar-refractivity contribution is 6.30. The summed E-state index contributed by atoms with van der Waals surface area (Å²) in [6, 6.07) is 5.41. The van der Waals surface area contributed by atoms with Gasteiger partial charge in [-0.05, 0) is 25.0 Å². The number of amides is 2. The van der Waals surface area contributed by atoms with Gasteiger partial charge in [-0.25, -0.2) is 15.4 Å². The molecule has 30 heavy (non-hydrogen) atoms. The molecule has 1 aromatic carbocycles. The second-order valence-corrected chi connectivity index (χ2v) is 7.38. The van der Waals surface area contributed by atoms with Crippen LogP contribution >= 0.6 is 11.6 Å². The van der Waals surface area contributed by atoms with Crippen LogP contribution in [0.4, 0.5) is 5.95 Å². The molecule has 0 saturated carbocycles. The summed E-state index contributed by atoms with van der Waals surface area (Å²) in [6.45, 7) is 0.982. The lowest BCUT2D eigenvalue weighted by atomic mass is 10.1. The van der Waals surface area contributed by atoms with Crippen LogP contribution in [0, 0.1) is 0 Å². The largest absolute Gasteiger partial charge is 0.491 e. The lowest BCUT2D eigenvalue weighted by Crippen LogP contribution is -2.25. The van der Waals surface area contributed by atoms with Crippen molar-refractivity contribution < 1.29 is 19.5 Å². The Morgan fingerprint density at radius 1 is 1.17 bits per heavy atom. The van der Waals surface area contributed by atoms with Crippen LogP contribution in [0.25, 0.3) is 0 Å². The molecule has 1 atom stereocenters. The number of nitrogens with one attached hydrogen (secondary N) is 3. The zero-order valence-electron chi connectivity index (χ0n) is 16.4. The first-order valence-electron chi connectivity index (χ1n) is 9.79. The van der Waals surface area contributed by atoms with Crippen LogP contribution < -0.4 is 20.9 Å². The topological polar surface area (TPSA) is 125 Å². The normalized spacial score (nSPS) is 14.5. The Bertz CT molecular complexity index is 878. The summed E-state index contributed by atoms with van der Waals surface area (Å²) in [6.07, 6.45) is 6.51. The van der Waals surface area contributed by atoms with Crippen LogP contribution in [0.2, 0.25) is 5.02 Å². The number of carbonyl (C=O) groups excluding carboxylic acids is 2.